The summed E-state index contributed by atoms with van der Waals surface area (Å²) in [5, 5.41) is 8.82. The Hall–Kier alpha value is -0.710. The Morgan fingerprint density at radius 1 is 1.50 bits per heavy atom. The molecule has 0 aliphatic carbocycles. The van der Waals surface area contributed by atoms with Crippen LogP contribution in [-0.4, -0.2) is 46.5 Å². The van der Waals surface area contributed by atoms with Crippen LogP contribution >= 0.6 is 11.8 Å². The standard InChI is InChI=1S/C11H19NO3S/c1-2-3-6-16-8-10(13)12-5-4-9(7-12)11(14)15/h9H,2-8H2,1H3,(H,14,15). The van der Waals surface area contributed by atoms with E-state index >= 15 is 0 Å². The van der Waals surface area contributed by atoms with Gasteiger partial charge in [-0.2, -0.15) is 11.8 Å². The van der Waals surface area contributed by atoms with Gasteiger partial charge in [0.15, 0.2) is 0 Å². The summed E-state index contributed by atoms with van der Waals surface area (Å²) in [4.78, 5) is 24.1. The topological polar surface area (TPSA) is 57.6 Å². The number of carboxylic acid groups (broad SMARTS) is 1. The molecule has 4 nitrogen and oxygen atoms in total. The van der Waals surface area contributed by atoms with Crippen LogP contribution in [0.1, 0.15) is 26.2 Å². The molecule has 1 N–H and O–H groups in total. The Labute approximate surface area is 100 Å². The van der Waals surface area contributed by atoms with Crippen molar-refractivity contribution in [1.29, 1.82) is 0 Å². The molecule has 0 aromatic rings. The number of carbonyl (C=O) groups excluding carboxylic acids is 1. The highest BCUT2D eigenvalue weighted by Gasteiger charge is 2.30. The maximum Gasteiger partial charge on any atom is 0.308 e. The molecule has 1 aliphatic heterocycles. The third kappa shape index (κ3) is 4.04. The van der Waals surface area contributed by atoms with E-state index in [0.717, 1.165) is 18.6 Å². The number of rotatable bonds is 6. The van der Waals surface area contributed by atoms with E-state index in [9.17, 15) is 9.59 Å². The van der Waals surface area contributed by atoms with Gasteiger partial charge in [-0.3, -0.25) is 9.59 Å². The minimum absolute atomic E-state index is 0.0878. The lowest BCUT2D eigenvalue weighted by atomic mass is 10.1. The summed E-state index contributed by atoms with van der Waals surface area (Å²) < 4.78 is 0. The molecule has 1 unspecified atom stereocenters. The summed E-state index contributed by atoms with van der Waals surface area (Å²) in [5.74, 6) is 0.452. The van der Waals surface area contributed by atoms with E-state index in [1.54, 1.807) is 16.7 Å². The summed E-state index contributed by atoms with van der Waals surface area (Å²) in [6.07, 6.45) is 2.88. The SMILES string of the molecule is CCCCSCC(=O)N1CCC(C(=O)O)C1. The number of unbranched alkanes of at least 4 members (excludes halogenated alkanes) is 1. The second kappa shape index (κ2) is 6.78. The number of aliphatic carboxylic acids is 1. The first-order valence-electron chi connectivity index (χ1n) is 5.73. The summed E-state index contributed by atoms with van der Waals surface area (Å²) in [7, 11) is 0. The van der Waals surface area contributed by atoms with E-state index in [0.29, 0.717) is 25.3 Å². The minimum Gasteiger partial charge on any atom is -0.481 e. The Morgan fingerprint density at radius 3 is 2.81 bits per heavy atom. The third-order valence-corrected chi connectivity index (χ3v) is 3.79. The lowest BCUT2D eigenvalue weighted by molar-refractivity contribution is -0.141. The molecule has 0 aromatic carbocycles. The van der Waals surface area contributed by atoms with Gasteiger partial charge in [0.1, 0.15) is 0 Å². The van der Waals surface area contributed by atoms with E-state index in [1.807, 2.05) is 0 Å². The second-order valence-electron chi connectivity index (χ2n) is 4.07. The maximum absolute atomic E-state index is 11.7. The van der Waals surface area contributed by atoms with E-state index in [2.05, 4.69) is 6.92 Å². The van der Waals surface area contributed by atoms with Crippen molar-refractivity contribution in [3.63, 3.8) is 0 Å². The lowest BCUT2D eigenvalue weighted by Crippen LogP contribution is -2.31. The molecule has 0 spiro atoms. The van der Waals surface area contributed by atoms with Crippen molar-refractivity contribution in [3.05, 3.63) is 0 Å². The highest BCUT2D eigenvalue weighted by molar-refractivity contribution is 7.99. The number of thioether (sulfide) groups is 1. The fourth-order valence-electron chi connectivity index (χ4n) is 1.69. The predicted octanol–water partition coefficient (Wildman–Crippen LogP) is 1.45. The Kier molecular flexibility index (Phi) is 5.66. The number of carboxylic acids is 1. The normalized spacial score (nSPS) is 20.1. The van der Waals surface area contributed by atoms with Gasteiger partial charge in [0.25, 0.3) is 0 Å². The summed E-state index contributed by atoms with van der Waals surface area (Å²) >= 11 is 1.64. The number of hydrogen-bond donors (Lipinski definition) is 1. The molecular weight excluding hydrogens is 226 g/mol. The van der Waals surface area contributed by atoms with Crippen molar-refractivity contribution in [2.24, 2.45) is 5.92 Å². The highest BCUT2D eigenvalue weighted by atomic mass is 32.2. The molecule has 1 aliphatic rings. The molecule has 1 rings (SSSR count). The van der Waals surface area contributed by atoms with Gasteiger partial charge in [0, 0.05) is 13.1 Å². The molecule has 1 atom stereocenters. The van der Waals surface area contributed by atoms with Gasteiger partial charge >= 0.3 is 5.97 Å². The second-order valence-corrected chi connectivity index (χ2v) is 5.17. The van der Waals surface area contributed by atoms with Crippen LogP contribution in [0, 0.1) is 5.92 Å². The largest absolute Gasteiger partial charge is 0.481 e. The molecule has 0 saturated carbocycles. The van der Waals surface area contributed by atoms with Crippen molar-refractivity contribution >= 4 is 23.6 Å². The first-order chi connectivity index (χ1) is 7.65. The molecule has 1 heterocycles. The van der Waals surface area contributed by atoms with Crippen molar-refractivity contribution in [3.8, 4) is 0 Å². The minimum atomic E-state index is -0.783. The fourth-order valence-corrected chi connectivity index (χ4v) is 2.68. The smallest absolute Gasteiger partial charge is 0.308 e. The summed E-state index contributed by atoms with van der Waals surface area (Å²) in [6.45, 7) is 3.12. The molecule has 1 saturated heterocycles. The van der Waals surface area contributed by atoms with Gasteiger partial charge in [-0.25, -0.2) is 0 Å². The van der Waals surface area contributed by atoms with Gasteiger partial charge in [-0.05, 0) is 18.6 Å². The molecule has 92 valence electrons. The number of amides is 1. The zero-order valence-corrected chi connectivity index (χ0v) is 10.5. The van der Waals surface area contributed by atoms with Gasteiger partial charge in [0.05, 0.1) is 11.7 Å². The van der Waals surface area contributed by atoms with E-state index in [-0.39, 0.29) is 11.8 Å². The first-order valence-corrected chi connectivity index (χ1v) is 6.89. The quantitative estimate of drug-likeness (QED) is 0.720. The average Bonchev–Trinajstić information content (AvgIpc) is 2.73. The summed E-state index contributed by atoms with van der Waals surface area (Å²) in [6, 6.07) is 0. The molecule has 5 heteroatoms. The van der Waals surface area contributed by atoms with Crippen LogP contribution in [-0.2, 0) is 9.59 Å². The van der Waals surface area contributed by atoms with E-state index < -0.39 is 5.97 Å². The van der Waals surface area contributed by atoms with Crippen molar-refractivity contribution < 1.29 is 14.7 Å². The van der Waals surface area contributed by atoms with Gasteiger partial charge in [-0.15, -0.1) is 0 Å². The van der Waals surface area contributed by atoms with Crippen LogP contribution in [0.3, 0.4) is 0 Å². The molecule has 0 radical (unpaired) electrons. The van der Waals surface area contributed by atoms with Crippen LogP contribution in [0.2, 0.25) is 0 Å². The van der Waals surface area contributed by atoms with Gasteiger partial charge in [0.2, 0.25) is 5.91 Å². The van der Waals surface area contributed by atoms with Gasteiger partial charge < -0.3 is 10.0 Å². The molecule has 0 aromatic heterocycles. The van der Waals surface area contributed by atoms with Crippen LogP contribution in [0.25, 0.3) is 0 Å². The molecular formula is C11H19NO3S. The van der Waals surface area contributed by atoms with E-state index in [4.69, 9.17) is 5.11 Å². The Bertz CT molecular complexity index is 258. The Balaban J connectivity index is 2.20. The first kappa shape index (κ1) is 13.4. The zero-order valence-electron chi connectivity index (χ0n) is 9.65. The average molecular weight is 245 g/mol. The maximum atomic E-state index is 11.7. The Morgan fingerprint density at radius 2 is 2.25 bits per heavy atom. The lowest BCUT2D eigenvalue weighted by Gasteiger charge is -2.15. The molecule has 1 fully saturated rings. The van der Waals surface area contributed by atoms with Crippen LogP contribution in [0.5, 0.6) is 0 Å². The van der Waals surface area contributed by atoms with Crippen molar-refractivity contribution in [2.45, 2.75) is 26.2 Å². The number of carbonyl (C=O) groups is 2. The zero-order chi connectivity index (χ0) is 12.0. The van der Waals surface area contributed by atoms with Crippen LogP contribution < -0.4 is 0 Å². The monoisotopic (exact) mass is 245 g/mol. The van der Waals surface area contributed by atoms with Crippen molar-refractivity contribution in [2.75, 3.05) is 24.6 Å². The number of hydrogen-bond acceptors (Lipinski definition) is 3. The van der Waals surface area contributed by atoms with Gasteiger partial charge in [-0.1, -0.05) is 13.3 Å². The molecule has 16 heavy (non-hydrogen) atoms. The fraction of sp³-hybridized carbons (Fsp3) is 0.818. The van der Waals surface area contributed by atoms with Crippen LogP contribution in [0.4, 0.5) is 0 Å². The third-order valence-electron chi connectivity index (χ3n) is 2.76. The molecule has 1 amide bonds. The van der Waals surface area contributed by atoms with E-state index in [1.165, 1.54) is 0 Å². The highest BCUT2D eigenvalue weighted by Crippen LogP contribution is 2.17. The predicted molar refractivity (Wildman–Crippen MR) is 64.6 cm³/mol. The summed E-state index contributed by atoms with van der Waals surface area (Å²) in [5.41, 5.74) is 0. The molecule has 0 bridgehead atoms. The van der Waals surface area contributed by atoms with Crippen molar-refractivity contribution in [1.82, 2.24) is 4.90 Å². The van der Waals surface area contributed by atoms with Crippen LogP contribution in [0.15, 0.2) is 0 Å². The number of nitrogens with zero attached hydrogens (tertiary/aromatic N) is 1. The number of likely N-dealkylation sites (tertiary alicyclic amines) is 1.